The van der Waals surface area contributed by atoms with Crippen molar-refractivity contribution in [1.29, 1.82) is 0 Å². The van der Waals surface area contributed by atoms with E-state index in [1.807, 2.05) is 6.92 Å². The van der Waals surface area contributed by atoms with Crippen LogP contribution in [0.4, 0.5) is 0 Å². The molecule has 0 amide bonds. The largest absolute Gasteiger partial charge is 0.489 e. The second-order valence-corrected chi connectivity index (χ2v) is 6.75. The van der Waals surface area contributed by atoms with Crippen molar-refractivity contribution in [2.75, 3.05) is 12.8 Å². The second kappa shape index (κ2) is 6.20. The van der Waals surface area contributed by atoms with Crippen molar-refractivity contribution in [3.8, 4) is 5.75 Å². The molecule has 0 fully saturated rings. The number of ether oxygens (including phenoxy) is 1. The molecule has 0 aliphatic rings. The molecule has 4 nitrogen and oxygen atoms in total. The minimum absolute atomic E-state index is 0.0118. The van der Waals surface area contributed by atoms with Crippen LogP contribution in [0.15, 0.2) is 29.2 Å². The summed E-state index contributed by atoms with van der Waals surface area (Å²) in [4.78, 5) is 0.281. The summed E-state index contributed by atoms with van der Waals surface area (Å²) >= 11 is 0. The number of nitrogens with one attached hydrogen (secondary N) is 1. The van der Waals surface area contributed by atoms with Gasteiger partial charge in [-0.3, -0.25) is 0 Å². The minimum Gasteiger partial charge on any atom is -0.489 e. The molecule has 1 unspecified atom stereocenters. The van der Waals surface area contributed by atoms with E-state index in [0.717, 1.165) is 6.54 Å². The number of sulfone groups is 1. The van der Waals surface area contributed by atoms with Gasteiger partial charge in [-0.05, 0) is 25.1 Å². The lowest BCUT2D eigenvalue weighted by molar-refractivity contribution is 0.213. The minimum atomic E-state index is -3.18. The summed E-state index contributed by atoms with van der Waals surface area (Å²) in [5.41, 5.74) is 0. The van der Waals surface area contributed by atoms with Crippen molar-refractivity contribution >= 4 is 9.84 Å². The Hall–Kier alpha value is -1.07. The average Bonchev–Trinajstić information content (AvgIpc) is 2.25. The highest BCUT2D eigenvalue weighted by molar-refractivity contribution is 7.90. The van der Waals surface area contributed by atoms with E-state index in [1.165, 1.54) is 6.26 Å². The van der Waals surface area contributed by atoms with Gasteiger partial charge in [0.05, 0.1) is 4.90 Å². The Morgan fingerprint density at radius 1 is 1.28 bits per heavy atom. The molecule has 0 spiro atoms. The summed E-state index contributed by atoms with van der Waals surface area (Å²) in [6.07, 6.45) is 1.18. The molecule has 0 bridgehead atoms. The van der Waals surface area contributed by atoms with Gasteiger partial charge in [-0.25, -0.2) is 8.42 Å². The molecule has 1 atom stereocenters. The molecule has 0 aliphatic heterocycles. The van der Waals surface area contributed by atoms with Crippen molar-refractivity contribution in [1.82, 2.24) is 5.32 Å². The highest BCUT2D eigenvalue weighted by Crippen LogP contribution is 2.18. The highest BCUT2D eigenvalue weighted by Gasteiger charge is 2.10. The third kappa shape index (κ3) is 5.06. The van der Waals surface area contributed by atoms with Crippen molar-refractivity contribution in [3.63, 3.8) is 0 Å². The Kier molecular flexibility index (Phi) is 5.16. The lowest BCUT2D eigenvalue weighted by Crippen LogP contribution is -2.33. The number of rotatable bonds is 6. The van der Waals surface area contributed by atoms with E-state index in [0.29, 0.717) is 11.8 Å². The van der Waals surface area contributed by atoms with Crippen LogP contribution in [0.25, 0.3) is 0 Å². The quantitative estimate of drug-likeness (QED) is 0.858. The molecular formula is C13H21NO3S. The lowest BCUT2D eigenvalue weighted by atomic mass is 10.3. The van der Waals surface area contributed by atoms with Crippen molar-refractivity contribution in [2.45, 2.75) is 37.8 Å². The fourth-order valence-corrected chi connectivity index (χ4v) is 2.11. The predicted octanol–water partition coefficient (Wildman–Crippen LogP) is 1.86. The van der Waals surface area contributed by atoms with Gasteiger partial charge in [-0.15, -0.1) is 0 Å². The fourth-order valence-electron chi connectivity index (χ4n) is 1.45. The van der Waals surface area contributed by atoms with E-state index in [1.54, 1.807) is 24.3 Å². The van der Waals surface area contributed by atoms with Gasteiger partial charge in [-0.1, -0.05) is 19.9 Å². The molecule has 1 aromatic carbocycles. The van der Waals surface area contributed by atoms with Crippen LogP contribution in [0.2, 0.25) is 0 Å². The Bertz CT molecular complexity index is 483. The fraction of sp³-hybridized carbons (Fsp3) is 0.538. The van der Waals surface area contributed by atoms with E-state index in [4.69, 9.17) is 4.74 Å². The molecule has 0 saturated heterocycles. The monoisotopic (exact) mass is 271 g/mol. The van der Waals surface area contributed by atoms with Gasteiger partial charge in [0.15, 0.2) is 9.84 Å². The van der Waals surface area contributed by atoms with E-state index in [-0.39, 0.29) is 11.0 Å². The highest BCUT2D eigenvalue weighted by atomic mass is 32.2. The van der Waals surface area contributed by atoms with Gasteiger partial charge >= 0.3 is 0 Å². The van der Waals surface area contributed by atoms with Crippen LogP contribution in [-0.4, -0.2) is 33.4 Å². The first-order valence-corrected chi connectivity index (χ1v) is 7.88. The normalized spacial score (nSPS) is 13.6. The first-order valence-electron chi connectivity index (χ1n) is 5.99. The summed E-state index contributed by atoms with van der Waals surface area (Å²) in [5.74, 6) is 0.580. The van der Waals surface area contributed by atoms with Crippen LogP contribution in [0.5, 0.6) is 5.75 Å². The number of hydrogen-bond acceptors (Lipinski definition) is 4. The van der Waals surface area contributed by atoms with Crippen molar-refractivity contribution in [2.24, 2.45) is 0 Å². The molecule has 1 N–H and O–H groups in total. The van der Waals surface area contributed by atoms with Crippen LogP contribution in [0.3, 0.4) is 0 Å². The third-order valence-corrected chi connectivity index (χ3v) is 3.49. The summed E-state index contributed by atoms with van der Waals surface area (Å²) in [6.45, 7) is 6.80. The number of benzene rings is 1. The van der Waals surface area contributed by atoms with E-state index >= 15 is 0 Å². The molecule has 102 valence electrons. The topological polar surface area (TPSA) is 55.4 Å². The van der Waals surface area contributed by atoms with Gasteiger partial charge in [-0.2, -0.15) is 0 Å². The van der Waals surface area contributed by atoms with Gasteiger partial charge < -0.3 is 10.1 Å². The molecule has 0 aromatic heterocycles. The van der Waals surface area contributed by atoms with Gasteiger partial charge in [0, 0.05) is 18.8 Å². The van der Waals surface area contributed by atoms with Gasteiger partial charge in [0.1, 0.15) is 11.9 Å². The first-order chi connectivity index (χ1) is 8.29. The summed E-state index contributed by atoms with van der Waals surface area (Å²) in [6, 6.07) is 6.98. The standard InChI is InChI=1S/C13H21NO3S/c1-10(2)14-9-11(3)17-12-6-5-7-13(8-12)18(4,15)16/h5-8,10-11,14H,9H2,1-4H3. The molecule has 18 heavy (non-hydrogen) atoms. The first kappa shape index (κ1) is 15.0. The SMILES string of the molecule is CC(C)NCC(C)Oc1cccc(S(C)(=O)=O)c1. The lowest BCUT2D eigenvalue weighted by Gasteiger charge is -2.17. The summed E-state index contributed by atoms with van der Waals surface area (Å²) < 4.78 is 28.5. The predicted molar refractivity (Wildman–Crippen MR) is 72.8 cm³/mol. The van der Waals surface area contributed by atoms with Crippen LogP contribution in [0.1, 0.15) is 20.8 Å². The molecule has 5 heteroatoms. The zero-order chi connectivity index (χ0) is 13.8. The molecule has 1 aromatic rings. The van der Waals surface area contributed by atoms with Crippen molar-refractivity contribution < 1.29 is 13.2 Å². The molecule has 0 saturated carbocycles. The zero-order valence-corrected chi connectivity index (χ0v) is 12.1. The molecular weight excluding hydrogens is 250 g/mol. The Balaban J connectivity index is 2.68. The summed E-state index contributed by atoms with van der Waals surface area (Å²) in [7, 11) is -3.18. The van der Waals surface area contributed by atoms with Gasteiger partial charge in [0.2, 0.25) is 0 Å². The summed E-state index contributed by atoms with van der Waals surface area (Å²) in [5, 5.41) is 3.27. The smallest absolute Gasteiger partial charge is 0.175 e. The Labute approximate surface area is 109 Å². The van der Waals surface area contributed by atoms with Crippen LogP contribution in [-0.2, 0) is 9.84 Å². The second-order valence-electron chi connectivity index (χ2n) is 4.74. The zero-order valence-electron chi connectivity index (χ0n) is 11.3. The maximum Gasteiger partial charge on any atom is 0.175 e. The Morgan fingerprint density at radius 2 is 1.94 bits per heavy atom. The van der Waals surface area contributed by atoms with Crippen LogP contribution >= 0.6 is 0 Å². The maximum absolute atomic E-state index is 11.4. The Morgan fingerprint density at radius 3 is 2.50 bits per heavy atom. The van der Waals surface area contributed by atoms with Crippen LogP contribution < -0.4 is 10.1 Å². The molecule has 0 radical (unpaired) electrons. The molecule has 1 rings (SSSR count). The maximum atomic E-state index is 11.4. The molecule has 0 aliphatic carbocycles. The van der Waals surface area contributed by atoms with Gasteiger partial charge in [0.25, 0.3) is 0 Å². The average molecular weight is 271 g/mol. The van der Waals surface area contributed by atoms with E-state index < -0.39 is 9.84 Å². The van der Waals surface area contributed by atoms with Crippen molar-refractivity contribution in [3.05, 3.63) is 24.3 Å². The van der Waals surface area contributed by atoms with Crippen LogP contribution in [0, 0.1) is 0 Å². The third-order valence-electron chi connectivity index (χ3n) is 2.38. The van der Waals surface area contributed by atoms with E-state index in [9.17, 15) is 8.42 Å². The van der Waals surface area contributed by atoms with E-state index in [2.05, 4.69) is 19.2 Å². The number of hydrogen-bond donors (Lipinski definition) is 1. The molecule has 0 heterocycles.